The van der Waals surface area contributed by atoms with Gasteiger partial charge >= 0.3 is 6.18 Å². The van der Waals surface area contributed by atoms with Crippen LogP contribution in [0, 0.1) is 0 Å². The zero-order valence-corrected chi connectivity index (χ0v) is 8.58. The molecule has 0 amide bonds. The number of rotatable bonds is 1. The molecule has 0 bridgehead atoms. The Bertz CT molecular complexity index is 425. The van der Waals surface area contributed by atoms with Crippen LogP contribution in [0.15, 0.2) is 29.3 Å². The Morgan fingerprint density at radius 2 is 2.12 bits per heavy atom. The van der Waals surface area contributed by atoms with Crippen molar-refractivity contribution in [3.8, 4) is 0 Å². The predicted octanol–water partition coefficient (Wildman–Crippen LogP) is 2.87. The summed E-state index contributed by atoms with van der Waals surface area (Å²) in [7, 11) is 0. The normalized spacial score (nSPS) is 20.5. The maximum atomic E-state index is 12.5. The molecule has 0 fully saturated rings. The first-order valence-corrected chi connectivity index (χ1v) is 4.85. The average Bonchev–Trinajstić information content (AvgIpc) is 2.64. The third-order valence-electron chi connectivity index (χ3n) is 2.24. The van der Waals surface area contributed by atoms with Gasteiger partial charge in [-0.05, 0) is 25.1 Å². The zero-order chi connectivity index (χ0) is 11.8. The lowest BCUT2D eigenvalue weighted by Crippen LogP contribution is -2.10. The van der Waals surface area contributed by atoms with Gasteiger partial charge in [0.25, 0.3) is 0 Å². The summed E-state index contributed by atoms with van der Waals surface area (Å²) >= 11 is 0. The minimum atomic E-state index is -4.33. The summed E-state index contributed by atoms with van der Waals surface area (Å²) in [4.78, 5) is 4.04. The Hall–Kier alpha value is -1.52. The van der Waals surface area contributed by atoms with Crippen LogP contribution in [0.4, 0.5) is 13.2 Å². The monoisotopic (exact) mass is 229 g/mol. The van der Waals surface area contributed by atoms with Crippen molar-refractivity contribution in [1.82, 2.24) is 0 Å². The molecule has 1 heterocycles. The van der Waals surface area contributed by atoms with E-state index in [9.17, 15) is 13.2 Å². The van der Waals surface area contributed by atoms with E-state index in [-0.39, 0.29) is 6.10 Å². The summed E-state index contributed by atoms with van der Waals surface area (Å²) in [5.74, 6) is 0.290. The predicted molar refractivity (Wildman–Crippen MR) is 53.4 cm³/mol. The number of ether oxygens (including phenoxy) is 1. The molecule has 0 saturated carbocycles. The molecular formula is C11H10F3NO. The van der Waals surface area contributed by atoms with Crippen LogP contribution in [-0.4, -0.2) is 18.5 Å². The molecule has 1 aromatic rings. The van der Waals surface area contributed by atoms with Gasteiger partial charge in [0.1, 0.15) is 6.10 Å². The molecule has 1 atom stereocenters. The summed E-state index contributed by atoms with van der Waals surface area (Å²) < 4.78 is 42.7. The second-order valence-electron chi connectivity index (χ2n) is 3.65. The first kappa shape index (κ1) is 11.0. The quantitative estimate of drug-likeness (QED) is 0.725. The number of hydrogen-bond acceptors (Lipinski definition) is 2. The minimum Gasteiger partial charge on any atom is -0.472 e. The molecule has 0 spiro atoms. The molecule has 86 valence electrons. The van der Waals surface area contributed by atoms with Crippen LogP contribution in [0.5, 0.6) is 0 Å². The van der Waals surface area contributed by atoms with E-state index < -0.39 is 11.7 Å². The van der Waals surface area contributed by atoms with E-state index in [0.717, 1.165) is 12.1 Å². The van der Waals surface area contributed by atoms with E-state index >= 15 is 0 Å². The molecule has 1 aliphatic heterocycles. The Morgan fingerprint density at radius 3 is 2.69 bits per heavy atom. The molecule has 0 aromatic heterocycles. The summed E-state index contributed by atoms with van der Waals surface area (Å²) in [6.07, 6.45) is -4.40. The zero-order valence-electron chi connectivity index (χ0n) is 8.58. The van der Waals surface area contributed by atoms with Gasteiger partial charge in [0, 0.05) is 5.56 Å². The summed E-state index contributed by atoms with van der Waals surface area (Å²) in [5.41, 5.74) is -0.310. The molecule has 16 heavy (non-hydrogen) atoms. The Kier molecular flexibility index (Phi) is 2.61. The third-order valence-corrected chi connectivity index (χ3v) is 2.24. The standard InChI is InChI=1S/C11H10F3NO/c1-7-6-15-10(16-7)8-3-2-4-9(5-8)11(12,13)14/h2-5,7H,6H2,1H3. The van der Waals surface area contributed by atoms with Crippen molar-refractivity contribution < 1.29 is 17.9 Å². The third kappa shape index (κ3) is 2.18. The van der Waals surface area contributed by atoms with Crippen LogP contribution in [-0.2, 0) is 10.9 Å². The number of halogens is 3. The van der Waals surface area contributed by atoms with Crippen molar-refractivity contribution in [2.24, 2.45) is 4.99 Å². The van der Waals surface area contributed by atoms with Gasteiger partial charge in [-0.2, -0.15) is 13.2 Å². The van der Waals surface area contributed by atoms with E-state index in [4.69, 9.17) is 4.74 Å². The fourth-order valence-electron chi connectivity index (χ4n) is 1.46. The van der Waals surface area contributed by atoms with Gasteiger partial charge in [0.05, 0.1) is 12.1 Å². The van der Waals surface area contributed by atoms with Crippen LogP contribution in [0.3, 0.4) is 0 Å². The van der Waals surface area contributed by atoms with Crippen molar-refractivity contribution in [2.45, 2.75) is 19.2 Å². The lowest BCUT2D eigenvalue weighted by molar-refractivity contribution is -0.137. The van der Waals surface area contributed by atoms with Crippen molar-refractivity contribution in [3.05, 3.63) is 35.4 Å². The van der Waals surface area contributed by atoms with Gasteiger partial charge < -0.3 is 4.74 Å². The van der Waals surface area contributed by atoms with Gasteiger partial charge in [-0.15, -0.1) is 0 Å². The number of benzene rings is 1. The number of hydrogen-bond donors (Lipinski definition) is 0. The number of nitrogens with zero attached hydrogens (tertiary/aromatic N) is 1. The molecule has 2 rings (SSSR count). The Labute approximate surface area is 90.8 Å². The molecule has 1 aliphatic rings. The lowest BCUT2D eigenvalue weighted by atomic mass is 10.1. The second kappa shape index (κ2) is 3.81. The van der Waals surface area contributed by atoms with Crippen molar-refractivity contribution in [1.29, 1.82) is 0 Å². The Balaban J connectivity index is 2.30. The fraction of sp³-hybridized carbons (Fsp3) is 0.364. The Morgan fingerprint density at radius 1 is 1.38 bits per heavy atom. The molecule has 5 heteroatoms. The summed E-state index contributed by atoms with van der Waals surface area (Å²) in [5, 5.41) is 0. The first-order chi connectivity index (χ1) is 7.47. The van der Waals surface area contributed by atoms with Crippen LogP contribution in [0.25, 0.3) is 0 Å². The van der Waals surface area contributed by atoms with E-state index in [1.807, 2.05) is 6.92 Å². The highest BCUT2D eigenvalue weighted by atomic mass is 19.4. The van der Waals surface area contributed by atoms with Gasteiger partial charge in [0.15, 0.2) is 0 Å². The summed E-state index contributed by atoms with van der Waals surface area (Å²) in [6.45, 7) is 2.32. The highest BCUT2D eigenvalue weighted by Gasteiger charge is 2.31. The molecule has 1 unspecified atom stereocenters. The molecule has 0 aliphatic carbocycles. The fourth-order valence-corrected chi connectivity index (χ4v) is 1.46. The average molecular weight is 229 g/mol. The molecule has 1 aromatic carbocycles. The SMILES string of the molecule is CC1CN=C(c2cccc(C(F)(F)F)c2)O1. The van der Waals surface area contributed by atoms with E-state index in [2.05, 4.69) is 4.99 Å². The lowest BCUT2D eigenvalue weighted by Gasteiger charge is -2.09. The first-order valence-electron chi connectivity index (χ1n) is 4.85. The van der Waals surface area contributed by atoms with Crippen LogP contribution >= 0.6 is 0 Å². The van der Waals surface area contributed by atoms with E-state index in [0.29, 0.717) is 18.0 Å². The highest BCUT2D eigenvalue weighted by Crippen LogP contribution is 2.30. The van der Waals surface area contributed by atoms with Gasteiger partial charge in [-0.25, -0.2) is 4.99 Å². The maximum absolute atomic E-state index is 12.5. The van der Waals surface area contributed by atoms with E-state index in [1.54, 1.807) is 6.07 Å². The van der Waals surface area contributed by atoms with Gasteiger partial charge in [0.2, 0.25) is 5.90 Å². The molecular weight excluding hydrogens is 219 g/mol. The maximum Gasteiger partial charge on any atom is 0.416 e. The summed E-state index contributed by atoms with van der Waals surface area (Å²) in [6, 6.07) is 5.00. The van der Waals surface area contributed by atoms with Crippen molar-refractivity contribution in [2.75, 3.05) is 6.54 Å². The molecule has 0 radical (unpaired) electrons. The van der Waals surface area contributed by atoms with Gasteiger partial charge in [-0.3, -0.25) is 0 Å². The van der Waals surface area contributed by atoms with Crippen LogP contribution < -0.4 is 0 Å². The van der Waals surface area contributed by atoms with Crippen LogP contribution in [0.2, 0.25) is 0 Å². The van der Waals surface area contributed by atoms with Crippen molar-refractivity contribution in [3.63, 3.8) is 0 Å². The highest BCUT2D eigenvalue weighted by molar-refractivity contribution is 5.95. The topological polar surface area (TPSA) is 21.6 Å². The molecule has 0 N–H and O–H groups in total. The largest absolute Gasteiger partial charge is 0.472 e. The van der Waals surface area contributed by atoms with E-state index in [1.165, 1.54) is 6.07 Å². The number of aliphatic imine (C=N–C) groups is 1. The second-order valence-corrected chi connectivity index (χ2v) is 3.65. The molecule has 2 nitrogen and oxygen atoms in total. The number of alkyl halides is 3. The smallest absolute Gasteiger partial charge is 0.416 e. The molecule has 0 saturated heterocycles. The van der Waals surface area contributed by atoms with Crippen LogP contribution in [0.1, 0.15) is 18.1 Å². The minimum absolute atomic E-state index is 0.0652. The van der Waals surface area contributed by atoms with Gasteiger partial charge in [-0.1, -0.05) is 6.07 Å². The van der Waals surface area contributed by atoms with Crippen molar-refractivity contribution >= 4 is 5.90 Å².